The lowest BCUT2D eigenvalue weighted by molar-refractivity contribution is -0.274. The Kier molecular flexibility index (Phi) is 5.88. The highest BCUT2D eigenvalue weighted by Gasteiger charge is 2.47. The van der Waals surface area contributed by atoms with Gasteiger partial charge in [0.25, 0.3) is 0 Å². The molecule has 0 aromatic heterocycles. The Labute approximate surface area is 165 Å². The Morgan fingerprint density at radius 3 is 2.36 bits per heavy atom. The van der Waals surface area contributed by atoms with E-state index in [4.69, 9.17) is 0 Å². The van der Waals surface area contributed by atoms with Gasteiger partial charge in [-0.2, -0.15) is 0 Å². The average Bonchev–Trinajstić information content (AvgIpc) is 2.86. The SMILES string of the molecule is CN1CCN(c2c(CCC3(O)CCCC3(C)C)cccc2OC(F)(F)F)CC1. The molecule has 1 aliphatic carbocycles. The summed E-state index contributed by atoms with van der Waals surface area (Å²) in [6, 6.07) is 4.86. The Hall–Kier alpha value is -1.47. The van der Waals surface area contributed by atoms with Crippen LogP contribution in [0.2, 0.25) is 0 Å². The highest BCUT2D eigenvalue weighted by molar-refractivity contribution is 5.64. The van der Waals surface area contributed by atoms with E-state index in [0.29, 0.717) is 31.6 Å². The number of piperazine rings is 1. The van der Waals surface area contributed by atoms with Crippen molar-refractivity contribution in [1.82, 2.24) is 4.90 Å². The van der Waals surface area contributed by atoms with Crippen molar-refractivity contribution >= 4 is 5.69 Å². The fraction of sp³-hybridized carbons (Fsp3) is 0.714. The van der Waals surface area contributed by atoms with Crippen LogP contribution in [-0.4, -0.2) is 55.2 Å². The Morgan fingerprint density at radius 1 is 1.11 bits per heavy atom. The van der Waals surface area contributed by atoms with Crippen LogP contribution in [0.1, 0.15) is 45.1 Å². The molecule has 0 radical (unpaired) electrons. The van der Waals surface area contributed by atoms with Gasteiger partial charge in [0.15, 0.2) is 5.75 Å². The van der Waals surface area contributed by atoms with Crippen LogP contribution in [-0.2, 0) is 6.42 Å². The maximum absolute atomic E-state index is 13.0. The second-order valence-corrected chi connectivity index (χ2v) is 8.87. The number of alkyl halides is 3. The predicted molar refractivity (Wildman–Crippen MR) is 104 cm³/mol. The zero-order chi connectivity index (χ0) is 20.6. The number of anilines is 1. The van der Waals surface area contributed by atoms with Gasteiger partial charge in [-0.3, -0.25) is 0 Å². The molecule has 2 aliphatic rings. The number of aryl methyl sites for hydroxylation is 1. The molecule has 1 aromatic rings. The fourth-order valence-corrected chi connectivity index (χ4v) is 4.56. The molecule has 1 heterocycles. The van der Waals surface area contributed by atoms with Gasteiger partial charge in [0.2, 0.25) is 0 Å². The van der Waals surface area contributed by atoms with Gasteiger partial charge < -0.3 is 19.6 Å². The van der Waals surface area contributed by atoms with Gasteiger partial charge in [-0.1, -0.05) is 26.0 Å². The molecule has 0 spiro atoms. The van der Waals surface area contributed by atoms with E-state index >= 15 is 0 Å². The molecule has 4 nitrogen and oxygen atoms in total. The first-order valence-corrected chi connectivity index (χ1v) is 10.0. The van der Waals surface area contributed by atoms with Gasteiger partial charge in [-0.05, 0) is 56.2 Å². The zero-order valence-corrected chi connectivity index (χ0v) is 17.0. The van der Waals surface area contributed by atoms with Crippen LogP contribution >= 0.6 is 0 Å². The quantitative estimate of drug-likeness (QED) is 0.803. The van der Waals surface area contributed by atoms with E-state index in [1.807, 2.05) is 18.0 Å². The van der Waals surface area contributed by atoms with Crippen LogP contribution in [0.15, 0.2) is 18.2 Å². The number of hydrogen-bond acceptors (Lipinski definition) is 4. The zero-order valence-electron chi connectivity index (χ0n) is 17.0. The van der Waals surface area contributed by atoms with Crippen LogP contribution in [0.4, 0.5) is 18.9 Å². The molecular weight excluding hydrogens is 369 g/mol. The third-order valence-corrected chi connectivity index (χ3v) is 6.59. The van der Waals surface area contributed by atoms with E-state index < -0.39 is 12.0 Å². The van der Waals surface area contributed by atoms with Crippen molar-refractivity contribution in [3.8, 4) is 5.75 Å². The van der Waals surface area contributed by atoms with Crippen LogP contribution in [0.25, 0.3) is 0 Å². The molecule has 1 aliphatic heterocycles. The summed E-state index contributed by atoms with van der Waals surface area (Å²) in [5, 5.41) is 11.1. The minimum Gasteiger partial charge on any atom is -0.404 e. The van der Waals surface area contributed by atoms with Crippen molar-refractivity contribution in [3.63, 3.8) is 0 Å². The summed E-state index contributed by atoms with van der Waals surface area (Å²) >= 11 is 0. The summed E-state index contributed by atoms with van der Waals surface area (Å²) in [5.41, 5.74) is 0.365. The number of likely N-dealkylation sites (N-methyl/N-ethyl adjacent to an activating group) is 1. The standard InChI is InChI=1S/C21H31F3N2O2/c1-19(2)9-5-10-20(19,27)11-8-16-6-4-7-17(28-21(22,23)24)18(16)26-14-12-25(3)13-15-26/h4,6-7,27H,5,8-15H2,1-3H3. The lowest BCUT2D eigenvalue weighted by Gasteiger charge is -2.38. The van der Waals surface area contributed by atoms with Gasteiger partial charge in [-0.15, -0.1) is 13.2 Å². The molecule has 1 saturated carbocycles. The van der Waals surface area contributed by atoms with Crippen LogP contribution in [0.3, 0.4) is 0 Å². The van der Waals surface area contributed by atoms with E-state index in [1.165, 1.54) is 6.07 Å². The smallest absolute Gasteiger partial charge is 0.404 e. The van der Waals surface area contributed by atoms with Gasteiger partial charge in [0.1, 0.15) is 0 Å². The monoisotopic (exact) mass is 400 g/mol. The van der Waals surface area contributed by atoms with Crippen LogP contribution < -0.4 is 9.64 Å². The summed E-state index contributed by atoms with van der Waals surface area (Å²) in [6.07, 6.45) is -0.987. The Bertz CT molecular complexity index is 685. The lowest BCUT2D eigenvalue weighted by Crippen LogP contribution is -2.45. The Balaban J connectivity index is 1.88. The molecular formula is C21H31F3N2O2. The minimum atomic E-state index is -4.73. The summed E-state index contributed by atoms with van der Waals surface area (Å²) in [6.45, 7) is 7.03. The highest BCUT2D eigenvalue weighted by atomic mass is 19.4. The number of ether oxygens (including phenoxy) is 1. The minimum absolute atomic E-state index is 0.146. The van der Waals surface area contributed by atoms with Gasteiger partial charge in [-0.25, -0.2) is 0 Å². The highest BCUT2D eigenvalue weighted by Crippen LogP contribution is 2.49. The molecule has 7 heteroatoms. The maximum Gasteiger partial charge on any atom is 0.573 e. The fourth-order valence-electron chi connectivity index (χ4n) is 4.56. The summed E-state index contributed by atoms with van der Waals surface area (Å²) in [5.74, 6) is -0.146. The topological polar surface area (TPSA) is 35.9 Å². The Morgan fingerprint density at radius 2 is 1.79 bits per heavy atom. The van der Waals surface area contributed by atoms with Gasteiger partial charge in [0.05, 0.1) is 11.3 Å². The largest absolute Gasteiger partial charge is 0.573 e. The van der Waals surface area contributed by atoms with E-state index in [0.717, 1.165) is 37.9 Å². The van der Waals surface area contributed by atoms with Gasteiger partial charge in [0, 0.05) is 26.2 Å². The van der Waals surface area contributed by atoms with Crippen molar-refractivity contribution in [3.05, 3.63) is 23.8 Å². The number of aliphatic hydroxyl groups is 1. The van der Waals surface area contributed by atoms with E-state index in [1.54, 1.807) is 6.07 Å². The lowest BCUT2D eigenvalue weighted by atomic mass is 9.74. The first-order chi connectivity index (χ1) is 13.0. The molecule has 1 saturated heterocycles. The number of benzene rings is 1. The molecule has 0 amide bonds. The van der Waals surface area contributed by atoms with Crippen molar-refractivity contribution in [1.29, 1.82) is 0 Å². The second kappa shape index (κ2) is 7.75. The molecule has 28 heavy (non-hydrogen) atoms. The summed E-state index contributed by atoms with van der Waals surface area (Å²) < 4.78 is 43.3. The summed E-state index contributed by atoms with van der Waals surface area (Å²) in [7, 11) is 2.01. The van der Waals surface area contributed by atoms with Crippen molar-refractivity contribution in [2.45, 2.75) is 57.9 Å². The molecule has 1 atom stereocenters. The summed E-state index contributed by atoms with van der Waals surface area (Å²) in [4.78, 5) is 4.15. The molecule has 0 bridgehead atoms. The number of para-hydroxylation sites is 1. The van der Waals surface area contributed by atoms with E-state index in [-0.39, 0.29) is 11.2 Å². The second-order valence-electron chi connectivity index (χ2n) is 8.87. The molecule has 2 fully saturated rings. The maximum atomic E-state index is 13.0. The molecule has 1 N–H and O–H groups in total. The molecule has 158 valence electrons. The van der Waals surface area contributed by atoms with Crippen molar-refractivity contribution < 1.29 is 23.0 Å². The van der Waals surface area contributed by atoms with E-state index in [2.05, 4.69) is 23.5 Å². The van der Waals surface area contributed by atoms with Crippen LogP contribution in [0, 0.1) is 5.41 Å². The third kappa shape index (κ3) is 4.57. The number of halogens is 3. The number of rotatable bonds is 5. The number of nitrogens with zero attached hydrogens (tertiary/aromatic N) is 2. The molecule has 3 rings (SSSR count). The normalized spacial score (nSPS) is 25.9. The first kappa shape index (κ1) is 21.2. The van der Waals surface area contributed by atoms with Gasteiger partial charge >= 0.3 is 6.36 Å². The third-order valence-electron chi connectivity index (χ3n) is 6.59. The predicted octanol–water partition coefficient (Wildman–Crippen LogP) is 4.21. The van der Waals surface area contributed by atoms with Crippen molar-refractivity contribution in [2.75, 3.05) is 38.1 Å². The van der Waals surface area contributed by atoms with Crippen molar-refractivity contribution in [2.24, 2.45) is 5.41 Å². The van der Waals surface area contributed by atoms with E-state index in [9.17, 15) is 18.3 Å². The first-order valence-electron chi connectivity index (χ1n) is 10.0. The molecule has 1 aromatic carbocycles. The molecule has 1 unspecified atom stereocenters. The van der Waals surface area contributed by atoms with Crippen LogP contribution in [0.5, 0.6) is 5.75 Å². The average molecular weight is 400 g/mol. The number of hydrogen-bond donors (Lipinski definition) is 1.